The number of carbonyl (C=O) groups excluding carboxylic acids is 1. The summed E-state index contributed by atoms with van der Waals surface area (Å²) >= 11 is 0. The molecule has 0 radical (unpaired) electrons. The Kier molecular flexibility index (Phi) is 3.98. The third kappa shape index (κ3) is 2.60. The van der Waals surface area contributed by atoms with Crippen molar-refractivity contribution in [2.24, 2.45) is 0 Å². The zero-order valence-corrected chi connectivity index (χ0v) is 11.1. The third-order valence-electron chi connectivity index (χ3n) is 2.99. The molecule has 1 heterocycles. The lowest BCUT2D eigenvalue weighted by Gasteiger charge is -2.10. The smallest absolute Gasteiger partial charge is 0.464 e. The van der Waals surface area contributed by atoms with Gasteiger partial charge in [0.1, 0.15) is 6.07 Å². The van der Waals surface area contributed by atoms with Crippen molar-refractivity contribution in [3.8, 4) is 11.8 Å². The van der Waals surface area contributed by atoms with Gasteiger partial charge in [-0.25, -0.2) is 4.79 Å². The number of benzene rings is 1. The Balaban J connectivity index is 2.66. The van der Waals surface area contributed by atoms with Crippen LogP contribution in [0.4, 0.5) is 5.69 Å². The fraction of sp³-hybridized carbons (Fsp3) is 0.0769. The highest BCUT2D eigenvalue weighted by Crippen LogP contribution is 2.24. The van der Waals surface area contributed by atoms with Crippen LogP contribution < -0.4 is 11.2 Å². The molecule has 0 spiro atoms. The molecule has 0 aliphatic carbocycles. The van der Waals surface area contributed by atoms with Gasteiger partial charge in [-0.05, 0) is 17.6 Å². The van der Waals surface area contributed by atoms with E-state index in [-0.39, 0.29) is 22.4 Å². The van der Waals surface area contributed by atoms with Crippen molar-refractivity contribution in [2.75, 3.05) is 12.8 Å². The van der Waals surface area contributed by atoms with E-state index in [1.54, 1.807) is 12.1 Å². The number of nitrogens with two attached hydrogens (primary N) is 1. The van der Waals surface area contributed by atoms with Crippen molar-refractivity contribution in [1.29, 1.82) is 5.26 Å². The lowest BCUT2D eigenvalue weighted by molar-refractivity contribution is 0.0593. The van der Waals surface area contributed by atoms with Crippen molar-refractivity contribution in [2.45, 2.75) is 0 Å². The minimum absolute atomic E-state index is 0.0126. The first-order chi connectivity index (χ1) is 9.99. The fourth-order valence-corrected chi connectivity index (χ4v) is 1.95. The number of esters is 1. The second kappa shape index (κ2) is 5.70. The fourth-order valence-electron chi connectivity index (χ4n) is 1.95. The van der Waals surface area contributed by atoms with Crippen LogP contribution in [0.2, 0.25) is 0 Å². The zero-order valence-electron chi connectivity index (χ0n) is 11.1. The first-order valence-corrected chi connectivity index (χ1v) is 5.95. The number of rotatable bonds is 3. The Morgan fingerprint density at radius 2 is 2.19 bits per heavy atom. The SMILES string of the molecule is COC(=O)c1c(N)c(C#N)cn1-c1cccc(B(O)O)c1. The molecule has 0 bridgehead atoms. The Hall–Kier alpha value is -2.76. The summed E-state index contributed by atoms with van der Waals surface area (Å²) in [7, 11) is -0.436. The van der Waals surface area contributed by atoms with Gasteiger partial charge in [0, 0.05) is 11.9 Å². The maximum atomic E-state index is 11.8. The molecule has 0 aliphatic rings. The number of carbonyl (C=O) groups is 1. The van der Waals surface area contributed by atoms with Crippen molar-refractivity contribution in [1.82, 2.24) is 4.57 Å². The molecule has 1 aromatic carbocycles. The van der Waals surface area contributed by atoms with E-state index >= 15 is 0 Å². The average Bonchev–Trinajstić information content (AvgIpc) is 2.83. The topological polar surface area (TPSA) is 122 Å². The van der Waals surface area contributed by atoms with Gasteiger partial charge < -0.3 is 25.1 Å². The first kappa shape index (κ1) is 14.6. The van der Waals surface area contributed by atoms with Crippen LogP contribution in [-0.4, -0.2) is 34.8 Å². The van der Waals surface area contributed by atoms with Crippen LogP contribution in [0.25, 0.3) is 5.69 Å². The number of ether oxygens (including phenoxy) is 1. The molecule has 0 atom stereocenters. The molecule has 0 saturated heterocycles. The number of hydrogen-bond acceptors (Lipinski definition) is 6. The number of nitrogens with zero attached hydrogens (tertiary/aromatic N) is 2. The van der Waals surface area contributed by atoms with Gasteiger partial charge in [-0.1, -0.05) is 12.1 Å². The Morgan fingerprint density at radius 1 is 1.48 bits per heavy atom. The minimum atomic E-state index is -1.64. The van der Waals surface area contributed by atoms with Crippen molar-refractivity contribution in [3.63, 3.8) is 0 Å². The molecule has 0 saturated carbocycles. The average molecular weight is 285 g/mol. The summed E-state index contributed by atoms with van der Waals surface area (Å²) in [5.41, 5.74) is 6.64. The van der Waals surface area contributed by atoms with E-state index in [9.17, 15) is 14.8 Å². The summed E-state index contributed by atoms with van der Waals surface area (Å²) < 4.78 is 6.05. The molecule has 2 rings (SSSR count). The van der Waals surface area contributed by atoms with E-state index in [0.29, 0.717) is 5.69 Å². The largest absolute Gasteiger partial charge is 0.488 e. The number of nitriles is 1. The summed E-state index contributed by atoms with van der Waals surface area (Å²) in [6, 6.07) is 8.11. The maximum Gasteiger partial charge on any atom is 0.488 e. The third-order valence-corrected chi connectivity index (χ3v) is 2.99. The molecule has 4 N–H and O–H groups in total. The molecule has 0 aliphatic heterocycles. The Bertz CT molecular complexity index is 734. The molecule has 2 aromatic rings. The second-order valence-electron chi connectivity index (χ2n) is 4.25. The van der Waals surface area contributed by atoms with Crippen LogP contribution in [0.15, 0.2) is 30.5 Å². The van der Waals surface area contributed by atoms with Gasteiger partial charge in [-0.15, -0.1) is 0 Å². The Morgan fingerprint density at radius 3 is 2.76 bits per heavy atom. The highest BCUT2D eigenvalue weighted by atomic mass is 16.5. The van der Waals surface area contributed by atoms with Crippen molar-refractivity contribution in [3.05, 3.63) is 41.7 Å². The number of hydrogen-bond donors (Lipinski definition) is 3. The van der Waals surface area contributed by atoms with E-state index in [2.05, 4.69) is 4.74 Å². The number of nitrogen functional groups attached to an aromatic ring is 1. The highest BCUT2D eigenvalue weighted by Gasteiger charge is 2.22. The van der Waals surface area contributed by atoms with Crippen LogP contribution >= 0.6 is 0 Å². The maximum absolute atomic E-state index is 11.8. The summed E-state index contributed by atoms with van der Waals surface area (Å²) in [5, 5.41) is 27.4. The molecule has 0 fully saturated rings. The van der Waals surface area contributed by atoms with Gasteiger partial charge in [0.25, 0.3) is 0 Å². The first-order valence-electron chi connectivity index (χ1n) is 5.95. The van der Waals surface area contributed by atoms with Crippen molar-refractivity contribution >= 4 is 24.2 Å². The summed E-state index contributed by atoms with van der Waals surface area (Å²) in [6.45, 7) is 0. The van der Waals surface area contributed by atoms with Gasteiger partial charge in [-0.3, -0.25) is 0 Å². The summed E-state index contributed by atoms with van der Waals surface area (Å²) in [5.74, 6) is -0.691. The van der Waals surface area contributed by atoms with Gasteiger partial charge >= 0.3 is 13.1 Å². The second-order valence-corrected chi connectivity index (χ2v) is 4.25. The molecular weight excluding hydrogens is 273 g/mol. The summed E-state index contributed by atoms with van der Waals surface area (Å²) in [4.78, 5) is 11.8. The van der Waals surface area contributed by atoms with E-state index < -0.39 is 13.1 Å². The molecule has 8 heteroatoms. The standard InChI is InChI=1S/C13H12BN3O4/c1-21-13(18)12-11(16)8(6-15)7-17(12)10-4-2-3-9(5-10)14(19)20/h2-5,7,19-20H,16H2,1H3. The van der Waals surface area contributed by atoms with Gasteiger partial charge in [0.15, 0.2) is 5.69 Å². The van der Waals surface area contributed by atoms with Crippen molar-refractivity contribution < 1.29 is 19.6 Å². The van der Waals surface area contributed by atoms with E-state index in [1.807, 2.05) is 6.07 Å². The minimum Gasteiger partial charge on any atom is -0.464 e. The zero-order chi connectivity index (χ0) is 15.6. The lowest BCUT2D eigenvalue weighted by atomic mass is 9.80. The van der Waals surface area contributed by atoms with Crippen LogP contribution in [0.5, 0.6) is 0 Å². The van der Waals surface area contributed by atoms with E-state index in [4.69, 9.17) is 11.0 Å². The number of anilines is 1. The lowest BCUT2D eigenvalue weighted by Crippen LogP contribution is -2.30. The molecule has 21 heavy (non-hydrogen) atoms. The molecule has 106 valence electrons. The molecule has 7 nitrogen and oxygen atoms in total. The quantitative estimate of drug-likeness (QED) is 0.511. The molecule has 0 unspecified atom stereocenters. The van der Waals surface area contributed by atoms with Gasteiger partial charge in [0.2, 0.25) is 0 Å². The summed E-state index contributed by atoms with van der Waals surface area (Å²) in [6.07, 6.45) is 1.39. The van der Waals surface area contributed by atoms with Crippen LogP contribution in [0.1, 0.15) is 16.1 Å². The van der Waals surface area contributed by atoms with Crippen LogP contribution in [0.3, 0.4) is 0 Å². The normalized spacial score (nSPS) is 10.0. The predicted molar refractivity (Wildman–Crippen MR) is 76.1 cm³/mol. The Labute approximate surface area is 120 Å². The van der Waals surface area contributed by atoms with Crippen LogP contribution in [0, 0.1) is 11.3 Å². The van der Waals surface area contributed by atoms with Gasteiger partial charge in [0.05, 0.1) is 18.4 Å². The van der Waals surface area contributed by atoms with Gasteiger partial charge in [-0.2, -0.15) is 5.26 Å². The van der Waals surface area contributed by atoms with E-state index in [0.717, 1.165) is 0 Å². The number of methoxy groups -OCH3 is 1. The van der Waals surface area contributed by atoms with E-state index in [1.165, 1.54) is 30.0 Å². The highest BCUT2D eigenvalue weighted by molar-refractivity contribution is 6.58. The molecule has 0 amide bonds. The monoisotopic (exact) mass is 285 g/mol. The number of aromatic nitrogens is 1. The van der Waals surface area contributed by atoms with Crippen LogP contribution in [-0.2, 0) is 4.74 Å². The molecular formula is C13H12BN3O4. The predicted octanol–water partition coefficient (Wildman–Crippen LogP) is -0.602. The molecule has 1 aromatic heterocycles.